The Morgan fingerprint density at radius 3 is 2.59 bits per heavy atom. The highest BCUT2D eigenvalue weighted by Crippen LogP contribution is 2.37. The average Bonchev–Trinajstić information content (AvgIpc) is 3.46. The van der Waals surface area contributed by atoms with Gasteiger partial charge in [-0.2, -0.15) is 0 Å². The molecule has 37 heavy (non-hydrogen) atoms. The van der Waals surface area contributed by atoms with E-state index in [1.165, 1.54) is 12.1 Å². The van der Waals surface area contributed by atoms with E-state index in [2.05, 4.69) is 16.9 Å². The van der Waals surface area contributed by atoms with Crippen molar-refractivity contribution in [3.05, 3.63) is 82.6 Å². The number of hydrogen-bond donors (Lipinski definition) is 1. The summed E-state index contributed by atoms with van der Waals surface area (Å²) in [4.78, 5) is 14.4. The maximum absolute atomic E-state index is 14.3. The Labute approximate surface area is 216 Å². The van der Waals surface area contributed by atoms with Crippen LogP contribution in [-0.4, -0.2) is 32.6 Å². The highest BCUT2D eigenvalue weighted by Gasteiger charge is 2.40. The molecule has 0 aliphatic carbocycles. The number of halogens is 1. The second kappa shape index (κ2) is 9.13. The van der Waals surface area contributed by atoms with Crippen molar-refractivity contribution in [3.63, 3.8) is 0 Å². The normalized spacial score (nSPS) is 14.5. The van der Waals surface area contributed by atoms with Gasteiger partial charge in [0.05, 0.1) is 28.5 Å². The standard InChI is InChI=1S/C27H24FN5O3S/c1-16-31-12-22(37-16)13-35-20-9-18(28)10-21(11-20)36-19-5-3-17(4-6-19)23-24-25(29)30-7-8-33(24)26(32-23)27(2)14-34-15-27/h3-12H,13-15H2,1-2H3,(H2,29,30). The molecule has 188 valence electrons. The van der Waals surface area contributed by atoms with Crippen LogP contribution in [0, 0.1) is 12.7 Å². The van der Waals surface area contributed by atoms with Gasteiger partial charge in [0.15, 0.2) is 0 Å². The second-order valence-electron chi connectivity index (χ2n) is 9.25. The van der Waals surface area contributed by atoms with E-state index in [9.17, 15) is 4.39 Å². The van der Waals surface area contributed by atoms with E-state index in [0.29, 0.717) is 42.9 Å². The Kier molecular flexibility index (Phi) is 5.77. The summed E-state index contributed by atoms with van der Waals surface area (Å²) < 4.78 is 33.4. The first-order chi connectivity index (χ1) is 17.9. The fourth-order valence-electron chi connectivity index (χ4n) is 4.35. The van der Waals surface area contributed by atoms with Crippen LogP contribution in [0.5, 0.6) is 17.2 Å². The number of fused-ring (bicyclic) bond motifs is 1. The van der Waals surface area contributed by atoms with Gasteiger partial charge < -0.3 is 19.9 Å². The van der Waals surface area contributed by atoms with Gasteiger partial charge in [0, 0.05) is 42.4 Å². The lowest BCUT2D eigenvalue weighted by Crippen LogP contribution is -2.45. The number of nitrogen functional groups attached to an aromatic ring is 1. The van der Waals surface area contributed by atoms with E-state index in [0.717, 1.165) is 32.5 Å². The lowest BCUT2D eigenvalue weighted by atomic mass is 9.88. The number of thiazole rings is 1. The number of imidazole rings is 1. The highest BCUT2D eigenvalue weighted by atomic mass is 32.1. The first-order valence-corrected chi connectivity index (χ1v) is 12.5. The summed E-state index contributed by atoms with van der Waals surface area (Å²) in [7, 11) is 0. The molecule has 0 amide bonds. The van der Waals surface area contributed by atoms with E-state index < -0.39 is 5.82 Å². The maximum Gasteiger partial charge on any atom is 0.150 e. The zero-order valence-electron chi connectivity index (χ0n) is 20.3. The average molecular weight is 518 g/mol. The molecule has 3 aromatic heterocycles. The molecule has 0 saturated carbocycles. The number of benzene rings is 2. The summed E-state index contributed by atoms with van der Waals surface area (Å²) in [5.41, 5.74) is 8.42. The number of aromatic nitrogens is 4. The summed E-state index contributed by atoms with van der Waals surface area (Å²) >= 11 is 1.54. The second-order valence-corrected chi connectivity index (χ2v) is 10.6. The first kappa shape index (κ1) is 23.4. The van der Waals surface area contributed by atoms with Crippen molar-refractivity contribution in [1.29, 1.82) is 0 Å². The molecule has 2 N–H and O–H groups in total. The molecule has 1 fully saturated rings. The minimum Gasteiger partial charge on any atom is -0.488 e. The summed E-state index contributed by atoms with van der Waals surface area (Å²) in [5, 5.41) is 0.954. The Balaban J connectivity index is 1.24. The Morgan fingerprint density at radius 1 is 1.11 bits per heavy atom. The molecular formula is C27H24FN5O3S. The number of nitrogens with two attached hydrogens (primary N) is 1. The monoisotopic (exact) mass is 517 g/mol. The molecule has 0 radical (unpaired) electrons. The molecule has 0 atom stereocenters. The molecule has 5 aromatic rings. The molecule has 0 bridgehead atoms. The van der Waals surface area contributed by atoms with E-state index in [4.69, 9.17) is 24.9 Å². The quantitative estimate of drug-likeness (QED) is 0.303. The van der Waals surface area contributed by atoms with Crippen LogP contribution in [0.25, 0.3) is 16.8 Å². The van der Waals surface area contributed by atoms with Crippen LogP contribution in [0.1, 0.15) is 22.6 Å². The van der Waals surface area contributed by atoms with Gasteiger partial charge in [-0.3, -0.25) is 4.40 Å². The minimum absolute atomic E-state index is 0.186. The van der Waals surface area contributed by atoms with Crippen LogP contribution < -0.4 is 15.2 Å². The van der Waals surface area contributed by atoms with Gasteiger partial charge in [0.1, 0.15) is 52.5 Å². The third kappa shape index (κ3) is 4.49. The van der Waals surface area contributed by atoms with Crippen molar-refractivity contribution < 1.29 is 18.6 Å². The van der Waals surface area contributed by atoms with E-state index in [1.807, 2.05) is 41.8 Å². The van der Waals surface area contributed by atoms with Crippen molar-refractivity contribution in [1.82, 2.24) is 19.4 Å². The SMILES string of the molecule is Cc1ncc(COc2cc(F)cc(Oc3ccc(-c4nc(C5(C)COC5)n5ccnc(N)c45)cc3)c2)s1. The zero-order chi connectivity index (χ0) is 25.6. The summed E-state index contributed by atoms with van der Waals surface area (Å²) in [5.74, 6) is 2.11. The van der Waals surface area contributed by atoms with Gasteiger partial charge in [-0.25, -0.2) is 19.3 Å². The lowest BCUT2D eigenvalue weighted by Gasteiger charge is -2.36. The third-order valence-corrected chi connectivity index (χ3v) is 7.11. The minimum atomic E-state index is -0.446. The molecule has 10 heteroatoms. The number of rotatable bonds is 7. The van der Waals surface area contributed by atoms with Crippen molar-refractivity contribution in [2.45, 2.75) is 25.9 Å². The maximum atomic E-state index is 14.3. The molecule has 0 spiro atoms. The fraction of sp³-hybridized carbons (Fsp3) is 0.222. The van der Waals surface area contributed by atoms with Gasteiger partial charge in [-0.1, -0.05) is 0 Å². The largest absolute Gasteiger partial charge is 0.488 e. The van der Waals surface area contributed by atoms with E-state index in [1.54, 1.807) is 29.8 Å². The van der Waals surface area contributed by atoms with Crippen LogP contribution in [0.2, 0.25) is 0 Å². The van der Waals surface area contributed by atoms with Crippen molar-refractivity contribution >= 4 is 22.7 Å². The van der Waals surface area contributed by atoms with Crippen molar-refractivity contribution in [2.75, 3.05) is 18.9 Å². The number of hydrogen-bond acceptors (Lipinski definition) is 8. The van der Waals surface area contributed by atoms with Gasteiger partial charge in [0.25, 0.3) is 0 Å². The predicted molar refractivity (Wildman–Crippen MR) is 139 cm³/mol. The molecule has 1 aliphatic rings. The van der Waals surface area contributed by atoms with Gasteiger partial charge in [-0.05, 0) is 38.1 Å². The summed E-state index contributed by atoms with van der Waals surface area (Å²) in [6.45, 7) is 5.56. The Morgan fingerprint density at radius 2 is 1.89 bits per heavy atom. The molecular weight excluding hydrogens is 493 g/mol. The number of ether oxygens (including phenoxy) is 3. The van der Waals surface area contributed by atoms with E-state index >= 15 is 0 Å². The molecule has 6 rings (SSSR count). The molecule has 8 nitrogen and oxygen atoms in total. The topological polar surface area (TPSA) is 96.8 Å². The van der Waals surface area contributed by atoms with Crippen molar-refractivity contribution in [3.8, 4) is 28.5 Å². The summed E-state index contributed by atoms with van der Waals surface area (Å²) in [6, 6.07) is 11.7. The highest BCUT2D eigenvalue weighted by molar-refractivity contribution is 7.11. The number of aryl methyl sites for hydroxylation is 1. The van der Waals surface area contributed by atoms with Crippen LogP contribution in [0.4, 0.5) is 10.2 Å². The Bertz CT molecular complexity index is 1590. The van der Waals surface area contributed by atoms with Crippen LogP contribution in [0.3, 0.4) is 0 Å². The fourth-order valence-corrected chi connectivity index (χ4v) is 5.06. The molecule has 2 aromatic carbocycles. The third-order valence-electron chi connectivity index (χ3n) is 6.22. The number of nitrogens with zero attached hydrogens (tertiary/aromatic N) is 4. The van der Waals surface area contributed by atoms with Crippen LogP contribution in [0.15, 0.2) is 61.1 Å². The zero-order valence-corrected chi connectivity index (χ0v) is 21.1. The summed E-state index contributed by atoms with van der Waals surface area (Å²) in [6.07, 6.45) is 5.30. The van der Waals surface area contributed by atoms with Gasteiger partial charge in [0.2, 0.25) is 0 Å². The molecule has 0 unspecified atom stereocenters. The lowest BCUT2D eigenvalue weighted by molar-refractivity contribution is -0.0545. The number of anilines is 1. The van der Waals surface area contributed by atoms with Gasteiger partial charge >= 0.3 is 0 Å². The van der Waals surface area contributed by atoms with Crippen molar-refractivity contribution in [2.24, 2.45) is 0 Å². The first-order valence-electron chi connectivity index (χ1n) is 11.7. The molecule has 1 saturated heterocycles. The molecule has 1 aliphatic heterocycles. The van der Waals surface area contributed by atoms with Gasteiger partial charge in [-0.15, -0.1) is 11.3 Å². The Hall–Kier alpha value is -4.02. The predicted octanol–water partition coefficient (Wildman–Crippen LogP) is 5.54. The van der Waals surface area contributed by atoms with E-state index in [-0.39, 0.29) is 5.41 Å². The smallest absolute Gasteiger partial charge is 0.150 e. The molecule has 4 heterocycles. The van der Waals surface area contributed by atoms with Crippen LogP contribution in [-0.2, 0) is 16.8 Å². The van der Waals surface area contributed by atoms with Crippen LogP contribution >= 0.6 is 11.3 Å².